The number of amides is 1. The summed E-state index contributed by atoms with van der Waals surface area (Å²) in [6, 6.07) is 17.3. The van der Waals surface area contributed by atoms with E-state index >= 15 is 0 Å². The summed E-state index contributed by atoms with van der Waals surface area (Å²) in [5.41, 5.74) is 1.33. The fourth-order valence-corrected chi connectivity index (χ4v) is 4.20. The largest absolute Gasteiger partial charge is 0.507 e. The number of carbonyl (C=O) groups excluding carboxylic acids is 2. The van der Waals surface area contributed by atoms with E-state index in [0.29, 0.717) is 38.4 Å². The van der Waals surface area contributed by atoms with Crippen molar-refractivity contribution >= 4 is 46.3 Å². The van der Waals surface area contributed by atoms with Gasteiger partial charge < -0.3 is 14.6 Å². The van der Waals surface area contributed by atoms with E-state index in [4.69, 9.17) is 32.7 Å². The molecule has 1 saturated heterocycles. The van der Waals surface area contributed by atoms with Crippen molar-refractivity contribution in [2.45, 2.75) is 6.04 Å². The summed E-state index contributed by atoms with van der Waals surface area (Å²) >= 11 is 12.1. The lowest BCUT2D eigenvalue weighted by molar-refractivity contribution is -0.132. The Kier molecular flexibility index (Phi) is 5.04. The topological polar surface area (TPSA) is 76.1 Å². The second kappa shape index (κ2) is 7.89. The lowest BCUT2D eigenvalue weighted by Gasteiger charge is -2.25. The number of benzene rings is 3. The summed E-state index contributed by atoms with van der Waals surface area (Å²) in [5, 5.41) is 12.0. The average Bonchev–Trinajstić information content (AvgIpc) is 3.36. The van der Waals surface area contributed by atoms with Crippen LogP contribution in [0.25, 0.3) is 5.76 Å². The summed E-state index contributed by atoms with van der Waals surface area (Å²) in [6.45, 7) is 0.0764. The molecular weight excluding hydrogens is 453 g/mol. The molecule has 1 atom stereocenters. The third-order valence-electron chi connectivity index (χ3n) is 5.36. The van der Waals surface area contributed by atoms with Crippen LogP contribution in [-0.4, -0.2) is 23.6 Å². The number of aliphatic hydroxyl groups is 1. The maximum atomic E-state index is 13.2. The number of Topliss-reactive ketones (excluding diaryl/α,β-unsaturated/α-hetero) is 1. The van der Waals surface area contributed by atoms with Crippen LogP contribution in [0.5, 0.6) is 11.5 Å². The summed E-state index contributed by atoms with van der Waals surface area (Å²) < 4.78 is 10.8. The molecule has 32 heavy (non-hydrogen) atoms. The number of nitrogens with zero attached hydrogens (tertiary/aromatic N) is 1. The van der Waals surface area contributed by atoms with Gasteiger partial charge in [-0.15, -0.1) is 0 Å². The van der Waals surface area contributed by atoms with Crippen LogP contribution >= 0.6 is 23.2 Å². The van der Waals surface area contributed by atoms with Crippen molar-refractivity contribution in [3.05, 3.63) is 93.5 Å². The number of ketones is 1. The van der Waals surface area contributed by atoms with Crippen molar-refractivity contribution in [3.8, 4) is 11.5 Å². The molecule has 2 heterocycles. The third-order valence-corrected chi connectivity index (χ3v) is 5.85. The number of anilines is 1. The van der Waals surface area contributed by atoms with Gasteiger partial charge >= 0.3 is 0 Å². The van der Waals surface area contributed by atoms with Crippen LogP contribution in [-0.2, 0) is 9.59 Å². The van der Waals surface area contributed by atoms with Gasteiger partial charge in [0.15, 0.2) is 11.5 Å². The number of rotatable bonds is 3. The Balaban J connectivity index is 1.71. The first-order valence-corrected chi connectivity index (χ1v) is 10.4. The predicted molar refractivity (Wildman–Crippen MR) is 120 cm³/mol. The molecule has 2 aliphatic rings. The van der Waals surface area contributed by atoms with Gasteiger partial charge in [0.05, 0.1) is 11.6 Å². The fourth-order valence-electron chi connectivity index (χ4n) is 3.89. The van der Waals surface area contributed by atoms with Gasteiger partial charge in [-0.05, 0) is 42.0 Å². The highest BCUT2D eigenvalue weighted by Crippen LogP contribution is 2.45. The molecule has 6 nitrogen and oxygen atoms in total. The van der Waals surface area contributed by atoms with Crippen molar-refractivity contribution < 1.29 is 24.2 Å². The van der Waals surface area contributed by atoms with Crippen molar-refractivity contribution in [2.75, 3.05) is 11.7 Å². The number of fused-ring (bicyclic) bond motifs is 1. The average molecular weight is 468 g/mol. The fraction of sp³-hybridized carbons (Fsp3) is 0.0833. The first-order chi connectivity index (χ1) is 15.4. The van der Waals surface area contributed by atoms with Gasteiger partial charge in [-0.1, -0.05) is 47.5 Å². The molecule has 1 N–H and O–H groups in total. The SMILES string of the molecule is O=C1C(=O)N(c2ccc3c(c2)OCO3)C(c2ccc(Cl)cc2)/C1=C(\O)c1cccc(Cl)c1. The van der Waals surface area contributed by atoms with E-state index in [1.165, 1.54) is 11.0 Å². The van der Waals surface area contributed by atoms with Crippen LogP contribution in [0.3, 0.4) is 0 Å². The van der Waals surface area contributed by atoms with Crippen LogP contribution in [0.4, 0.5) is 5.69 Å². The molecule has 5 rings (SSSR count). The zero-order valence-electron chi connectivity index (χ0n) is 16.4. The van der Waals surface area contributed by atoms with Gasteiger partial charge in [0.25, 0.3) is 11.7 Å². The standard InChI is InChI=1S/C24H15Cl2NO5/c25-15-6-4-13(5-7-15)21-20(22(28)14-2-1-3-16(26)10-14)23(29)24(30)27(21)17-8-9-18-19(11-17)32-12-31-18/h1-11,21,28H,12H2/b22-20+. The van der Waals surface area contributed by atoms with Crippen LogP contribution in [0.1, 0.15) is 17.2 Å². The number of hydrogen-bond donors (Lipinski definition) is 1. The number of halogens is 2. The Hall–Kier alpha value is -3.48. The minimum atomic E-state index is -0.883. The quantitative estimate of drug-likeness (QED) is 0.319. The van der Waals surface area contributed by atoms with E-state index in [2.05, 4.69) is 0 Å². The van der Waals surface area contributed by atoms with Gasteiger partial charge in [-0.25, -0.2) is 0 Å². The predicted octanol–water partition coefficient (Wildman–Crippen LogP) is 5.35. The van der Waals surface area contributed by atoms with Gasteiger partial charge in [-0.3, -0.25) is 14.5 Å². The first-order valence-electron chi connectivity index (χ1n) is 9.66. The maximum absolute atomic E-state index is 13.2. The van der Waals surface area contributed by atoms with Crippen LogP contribution in [0, 0.1) is 0 Å². The maximum Gasteiger partial charge on any atom is 0.300 e. The molecule has 1 amide bonds. The number of ether oxygens (including phenoxy) is 2. The van der Waals surface area contributed by atoms with Crippen molar-refractivity contribution in [1.29, 1.82) is 0 Å². The highest BCUT2D eigenvalue weighted by Gasteiger charge is 2.47. The van der Waals surface area contributed by atoms with E-state index < -0.39 is 17.7 Å². The highest BCUT2D eigenvalue weighted by atomic mass is 35.5. The Morgan fingerprint density at radius 1 is 0.906 bits per heavy atom. The van der Waals surface area contributed by atoms with Crippen molar-refractivity contribution in [3.63, 3.8) is 0 Å². The lowest BCUT2D eigenvalue weighted by atomic mass is 9.95. The van der Waals surface area contributed by atoms with Gasteiger partial charge in [0.2, 0.25) is 6.79 Å². The number of hydrogen-bond acceptors (Lipinski definition) is 5. The third kappa shape index (κ3) is 3.38. The van der Waals surface area contributed by atoms with E-state index in [1.54, 1.807) is 60.7 Å². The summed E-state index contributed by atoms with van der Waals surface area (Å²) in [4.78, 5) is 27.7. The lowest BCUT2D eigenvalue weighted by Crippen LogP contribution is -2.29. The molecule has 160 valence electrons. The molecule has 0 aromatic heterocycles. The molecule has 2 aliphatic heterocycles. The van der Waals surface area contributed by atoms with E-state index in [1.807, 2.05) is 0 Å². The van der Waals surface area contributed by atoms with Crippen LogP contribution in [0.2, 0.25) is 10.0 Å². The molecule has 3 aromatic carbocycles. The van der Waals surface area contributed by atoms with Crippen LogP contribution in [0.15, 0.2) is 72.3 Å². The normalized spacial score (nSPS) is 18.9. The Bertz CT molecular complexity index is 1290. The minimum Gasteiger partial charge on any atom is -0.507 e. The molecule has 0 aliphatic carbocycles. The van der Waals surface area contributed by atoms with Gasteiger partial charge in [0.1, 0.15) is 5.76 Å². The van der Waals surface area contributed by atoms with E-state index in [0.717, 1.165) is 0 Å². The second-order valence-electron chi connectivity index (χ2n) is 7.27. The van der Waals surface area contributed by atoms with Crippen molar-refractivity contribution in [2.24, 2.45) is 0 Å². The highest BCUT2D eigenvalue weighted by molar-refractivity contribution is 6.51. The number of aliphatic hydroxyl groups excluding tert-OH is 1. The molecule has 3 aromatic rings. The second-order valence-corrected chi connectivity index (χ2v) is 8.14. The van der Waals surface area contributed by atoms with Gasteiger partial charge in [-0.2, -0.15) is 0 Å². The summed E-state index contributed by atoms with van der Waals surface area (Å²) in [6.07, 6.45) is 0. The van der Waals surface area contributed by atoms with Crippen molar-refractivity contribution in [1.82, 2.24) is 0 Å². The first kappa shape index (κ1) is 20.4. The Morgan fingerprint density at radius 2 is 1.66 bits per heavy atom. The molecule has 0 radical (unpaired) electrons. The monoisotopic (exact) mass is 467 g/mol. The zero-order chi connectivity index (χ0) is 22.4. The molecule has 0 bridgehead atoms. The molecule has 1 fully saturated rings. The Morgan fingerprint density at radius 3 is 2.41 bits per heavy atom. The van der Waals surface area contributed by atoms with E-state index in [9.17, 15) is 14.7 Å². The molecule has 0 spiro atoms. The zero-order valence-corrected chi connectivity index (χ0v) is 17.9. The minimum absolute atomic E-state index is 0.0442. The molecule has 0 saturated carbocycles. The van der Waals surface area contributed by atoms with Gasteiger partial charge in [0, 0.05) is 27.4 Å². The Labute approximate surface area is 193 Å². The summed E-state index contributed by atoms with van der Waals surface area (Å²) in [7, 11) is 0. The molecule has 8 heteroatoms. The molecule has 1 unspecified atom stereocenters. The smallest absolute Gasteiger partial charge is 0.300 e. The van der Waals surface area contributed by atoms with Crippen LogP contribution < -0.4 is 14.4 Å². The number of carbonyl (C=O) groups is 2. The molecular formula is C24H15Cl2NO5. The summed E-state index contributed by atoms with van der Waals surface area (Å²) in [5.74, 6) is -0.872. The van der Waals surface area contributed by atoms with E-state index in [-0.39, 0.29) is 18.1 Å².